The third-order valence-electron chi connectivity index (χ3n) is 2.98. The molecule has 1 aromatic rings. The van der Waals surface area contributed by atoms with E-state index < -0.39 is 18.9 Å². The number of benzene rings is 1. The first-order chi connectivity index (χ1) is 9.54. The number of aliphatic hydroxyl groups is 1. The van der Waals surface area contributed by atoms with Crippen molar-refractivity contribution in [1.82, 2.24) is 4.90 Å². The molecule has 1 unspecified atom stereocenters. The normalized spacial score (nSPS) is 12.4. The van der Waals surface area contributed by atoms with E-state index in [0.29, 0.717) is 6.42 Å². The second kappa shape index (κ2) is 8.60. The van der Waals surface area contributed by atoms with Crippen molar-refractivity contribution in [2.75, 3.05) is 19.7 Å². The molecule has 0 aromatic heterocycles. The number of carbonyl (C=O) groups is 1. The summed E-state index contributed by atoms with van der Waals surface area (Å²) in [6.07, 6.45) is -2.13. The van der Waals surface area contributed by atoms with Crippen molar-refractivity contribution in [3.05, 3.63) is 35.9 Å². The predicted octanol–water partition coefficient (Wildman–Crippen LogP) is 1.55. The first-order valence-electron chi connectivity index (χ1n) is 6.52. The van der Waals surface area contributed by atoms with E-state index in [4.69, 9.17) is 10.8 Å². The number of aliphatic hydroxyl groups excluding tert-OH is 1. The molecular weight excluding hydrogens is 266 g/mol. The number of carbonyl (C=O) groups excluding carboxylic acids is 1. The Balaban J connectivity index is 2.48. The van der Waals surface area contributed by atoms with Gasteiger partial charge in [0, 0.05) is 19.0 Å². The fourth-order valence-corrected chi connectivity index (χ4v) is 1.91. The average molecular weight is 286 g/mol. The topological polar surface area (TPSA) is 66.6 Å². The summed E-state index contributed by atoms with van der Waals surface area (Å²) in [7, 11) is 0. The summed E-state index contributed by atoms with van der Waals surface area (Å²) >= 11 is 0. The molecule has 0 aliphatic heterocycles. The summed E-state index contributed by atoms with van der Waals surface area (Å²) in [5.74, 6) is -0.411. The van der Waals surface area contributed by atoms with Gasteiger partial charge in [0.1, 0.15) is 0 Å². The maximum absolute atomic E-state index is 12.3. The summed E-state index contributed by atoms with van der Waals surface area (Å²) in [5.41, 5.74) is 6.86. The van der Waals surface area contributed by atoms with Gasteiger partial charge in [-0.3, -0.25) is 4.79 Å². The number of halogens is 2. The lowest BCUT2D eigenvalue weighted by atomic mass is 10.0. The van der Waals surface area contributed by atoms with E-state index in [2.05, 4.69) is 0 Å². The zero-order valence-electron chi connectivity index (χ0n) is 11.2. The zero-order valence-corrected chi connectivity index (χ0v) is 11.2. The van der Waals surface area contributed by atoms with E-state index in [1.807, 2.05) is 30.3 Å². The van der Waals surface area contributed by atoms with Crippen LogP contribution < -0.4 is 5.73 Å². The van der Waals surface area contributed by atoms with Crippen molar-refractivity contribution < 1.29 is 18.7 Å². The van der Waals surface area contributed by atoms with Crippen molar-refractivity contribution in [3.8, 4) is 0 Å². The van der Waals surface area contributed by atoms with Crippen molar-refractivity contribution in [3.63, 3.8) is 0 Å². The molecule has 1 amide bonds. The smallest absolute Gasteiger partial charge is 0.255 e. The van der Waals surface area contributed by atoms with Gasteiger partial charge in [0.05, 0.1) is 13.2 Å². The number of rotatable bonds is 8. The van der Waals surface area contributed by atoms with Gasteiger partial charge >= 0.3 is 0 Å². The monoisotopic (exact) mass is 286 g/mol. The molecule has 1 aromatic carbocycles. The SMILES string of the molecule is NC(CCC(=O)N(CCO)CC(F)F)c1ccccc1. The van der Waals surface area contributed by atoms with Gasteiger partial charge < -0.3 is 15.7 Å². The Morgan fingerprint density at radius 3 is 2.50 bits per heavy atom. The van der Waals surface area contributed by atoms with Gasteiger partial charge in [0.25, 0.3) is 6.43 Å². The molecule has 0 saturated carbocycles. The lowest BCUT2D eigenvalue weighted by Gasteiger charge is -2.22. The van der Waals surface area contributed by atoms with Crippen LogP contribution in [-0.2, 0) is 4.79 Å². The van der Waals surface area contributed by atoms with Gasteiger partial charge in [-0.15, -0.1) is 0 Å². The Bertz CT molecular complexity index is 401. The van der Waals surface area contributed by atoms with Crippen molar-refractivity contribution in [2.45, 2.75) is 25.3 Å². The minimum Gasteiger partial charge on any atom is -0.395 e. The molecule has 0 fully saturated rings. The molecular formula is C14H20F2N2O2. The molecule has 0 bridgehead atoms. The summed E-state index contributed by atoms with van der Waals surface area (Å²) in [4.78, 5) is 12.8. The number of nitrogens with two attached hydrogens (primary N) is 1. The summed E-state index contributed by atoms with van der Waals surface area (Å²) in [6, 6.07) is 8.99. The van der Waals surface area contributed by atoms with Crippen LogP contribution in [0.25, 0.3) is 0 Å². The Morgan fingerprint density at radius 2 is 1.95 bits per heavy atom. The number of alkyl halides is 2. The van der Waals surface area contributed by atoms with Gasteiger partial charge in [0.15, 0.2) is 0 Å². The molecule has 20 heavy (non-hydrogen) atoms. The third kappa shape index (κ3) is 5.63. The number of nitrogens with zero attached hydrogens (tertiary/aromatic N) is 1. The predicted molar refractivity (Wildman–Crippen MR) is 72.3 cm³/mol. The molecule has 6 heteroatoms. The molecule has 3 N–H and O–H groups in total. The summed E-state index contributed by atoms with van der Waals surface area (Å²) in [5, 5.41) is 8.79. The molecule has 112 valence electrons. The highest BCUT2D eigenvalue weighted by molar-refractivity contribution is 5.76. The third-order valence-corrected chi connectivity index (χ3v) is 2.98. The molecule has 0 aliphatic carbocycles. The van der Waals surface area contributed by atoms with Crippen LogP contribution in [0.4, 0.5) is 8.78 Å². The first kappa shape index (κ1) is 16.5. The van der Waals surface area contributed by atoms with Gasteiger partial charge in [-0.25, -0.2) is 8.78 Å². The molecule has 4 nitrogen and oxygen atoms in total. The molecule has 0 spiro atoms. The zero-order chi connectivity index (χ0) is 15.0. The quantitative estimate of drug-likeness (QED) is 0.762. The molecule has 0 aliphatic rings. The van der Waals surface area contributed by atoms with Gasteiger partial charge in [-0.05, 0) is 12.0 Å². The molecule has 1 atom stereocenters. The maximum atomic E-state index is 12.3. The van der Waals surface area contributed by atoms with Crippen LogP contribution in [-0.4, -0.2) is 42.0 Å². The van der Waals surface area contributed by atoms with Gasteiger partial charge in [-0.2, -0.15) is 0 Å². The van der Waals surface area contributed by atoms with E-state index >= 15 is 0 Å². The fourth-order valence-electron chi connectivity index (χ4n) is 1.91. The van der Waals surface area contributed by atoms with Crippen LogP contribution in [0.1, 0.15) is 24.4 Å². The van der Waals surface area contributed by atoms with E-state index in [1.54, 1.807) is 0 Å². The van der Waals surface area contributed by atoms with Crippen LogP contribution in [0.3, 0.4) is 0 Å². The Morgan fingerprint density at radius 1 is 1.30 bits per heavy atom. The highest BCUT2D eigenvalue weighted by atomic mass is 19.3. The van der Waals surface area contributed by atoms with E-state index in [0.717, 1.165) is 10.5 Å². The van der Waals surface area contributed by atoms with Crippen LogP contribution in [0, 0.1) is 0 Å². The van der Waals surface area contributed by atoms with Crippen LogP contribution in [0.5, 0.6) is 0 Å². The van der Waals surface area contributed by atoms with Crippen LogP contribution in [0.2, 0.25) is 0 Å². The molecule has 0 heterocycles. The molecule has 0 radical (unpaired) electrons. The van der Waals surface area contributed by atoms with E-state index in [1.165, 1.54) is 0 Å². The highest BCUT2D eigenvalue weighted by Gasteiger charge is 2.18. The Kier molecular flexibility index (Phi) is 7.11. The molecule has 1 rings (SSSR count). The second-order valence-electron chi connectivity index (χ2n) is 4.51. The standard InChI is InChI=1S/C14H20F2N2O2/c15-13(16)10-18(8-9-19)14(20)7-6-12(17)11-4-2-1-3-5-11/h1-5,12-13,19H,6-10,17H2. The van der Waals surface area contributed by atoms with Gasteiger partial charge in [-0.1, -0.05) is 30.3 Å². The number of hydrogen-bond donors (Lipinski definition) is 2. The second-order valence-corrected chi connectivity index (χ2v) is 4.51. The lowest BCUT2D eigenvalue weighted by molar-refractivity contribution is -0.133. The first-order valence-corrected chi connectivity index (χ1v) is 6.52. The summed E-state index contributed by atoms with van der Waals surface area (Å²) in [6.45, 7) is -1.06. The highest BCUT2D eigenvalue weighted by Crippen LogP contribution is 2.16. The maximum Gasteiger partial charge on any atom is 0.255 e. The van der Waals surface area contributed by atoms with Crippen LogP contribution in [0.15, 0.2) is 30.3 Å². The molecule has 0 saturated heterocycles. The van der Waals surface area contributed by atoms with Crippen LogP contribution >= 0.6 is 0 Å². The minimum atomic E-state index is -2.60. The Labute approximate surface area is 117 Å². The lowest BCUT2D eigenvalue weighted by Crippen LogP contribution is -2.37. The van der Waals surface area contributed by atoms with E-state index in [-0.39, 0.29) is 25.6 Å². The van der Waals surface area contributed by atoms with Crippen molar-refractivity contribution in [1.29, 1.82) is 0 Å². The Hall–Kier alpha value is -1.53. The largest absolute Gasteiger partial charge is 0.395 e. The van der Waals surface area contributed by atoms with E-state index in [9.17, 15) is 13.6 Å². The van der Waals surface area contributed by atoms with Crippen molar-refractivity contribution in [2.24, 2.45) is 5.73 Å². The number of hydrogen-bond acceptors (Lipinski definition) is 3. The summed E-state index contributed by atoms with van der Waals surface area (Å²) < 4.78 is 24.7. The van der Waals surface area contributed by atoms with Gasteiger partial charge in [0.2, 0.25) is 5.91 Å². The fraction of sp³-hybridized carbons (Fsp3) is 0.500. The van der Waals surface area contributed by atoms with Crippen molar-refractivity contribution >= 4 is 5.91 Å². The number of amides is 1. The average Bonchev–Trinajstić information content (AvgIpc) is 2.44. The minimum absolute atomic E-state index is 0.0796.